The number of hydrogen-bond donors (Lipinski definition) is 0. The fourth-order valence-corrected chi connectivity index (χ4v) is 1.77. The van der Waals surface area contributed by atoms with Crippen LogP contribution in [0.5, 0.6) is 0 Å². The van der Waals surface area contributed by atoms with Gasteiger partial charge < -0.3 is 0 Å². The number of benzene rings is 1. The van der Waals surface area contributed by atoms with E-state index in [1.165, 1.54) is 5.56 Å². The van der Waals surface area contributed by atoms with Crippen LogP contribution in [-0.4, -0.2) is 10.5 Å². The third-order valence-corrected chi connectivity index (χ3v) is 2.74. The predicted octanol–water partition coefficient (Wildman–Crippen LogP) is 3.32. The van der Waals surface area contributed by atoms with Gasteiger partial charge in [0, 0.05) is 18.8 Å². The molecule has 16 heavy (non-hydrogen) atoms. The average Bonchev–Trinajstić information content (AvgIpc) is 2.83. The van der Waals surface area contributed by atoms with Gasteiger partial charge in [0.1, 0.15) is 0 Å². The first-order valence-corrected chi connectivity index (χ1v) is 5.48. The Morgan fingerprint density at radius 2 is 1.75 bits per heavy atom. The van der Waals surface area contributed by atoms with Crippen molar-refractivity contribution < 1.29 is 4.79 Å². The van der Waals surface area contributed by atoms with E-state index in [4.69, 9.17) is 0 Å². The van der Waals surface area contributed by atoms with Gasteiger partial charge in [-0.3, -0.25) is 9.36 Å². The lowest BCUT2D eigenvalue weighted by atomic mass is 9.98. The van der Waals surface area contributed by atoms with Crippen LogP contribution < -0.4 is 0 Å². The van der Waals surface area contributed by atoms with Crippen molar-refractivity contribution in [3.8, 4) is 0 Å². The van der Waals surface area contributed by atoms with E-state index in [2.05, 4.69) is 19.1 Å². The molecule has 0 fully saturated rings. The van der Waals surface area contributed by atoms with Gasteiger partial charge in [-0.1, -0.05) is 37.3 Å². The molecule has 1 aromatic heterocycles. The van der Waals surface area contributed by atoms with Crippen LogP contribution in [0.2, 0.25) is 0 Å². The Morgan fingerprint density at radius 1 is 1.12 bits per heavy atom. The molecule has 0 aliphatic heterocycles. The second kappa shape index (κ2) is 4.79. The monoisotopic (exact) mass is 213 g/mol. The summed E-state index contributed by atoms with van der Waals surface area (Å²) in [4.78, 5) is 11.9. The lowest BCUT2D eigenvalue weighted by Crippen LogP contribution is -2.11. The smallest absolute Gasteiger partial charge is 0.231 e. The molecule has 0 bridgehead atoms. The summed E-state index contributed by atoms with van der Waals surface area (Å²) >= 11 is 0. The highest BCUT2D eigenvalue weighted by Gasteiger charge is 2.11. The summed E-state index contributed by atoms with van der Waals surface area (Å²) in [6.45, 7) is 2.08. The van der Waals surface area contributed by atoms with Crippen LogP contribution in [0.25, 0.3) is 0 Å². The number of rotatable bonds is 3. The number of aromatic nitrogens is 1. The molecule has 82 valence electrons. The van der Waals surface area contributed by atoms with Crippen molar-refractivity contribution in [2.45, 2.75) is 19.3 Å². The molecule has 0 N–H and O–H groups in total. The van der Waals surface area contributed by atoms with Crippen molar-refractivity contribution in [2.75, 3.05) is 0 Å². The highest BCUT2D eigenvalue weighted by molar-refractivity contribution is 5.79. The number of carbonyl (C=O) groups excluding carboxylic acids is 1. The van der Waals surface area contributed by atoms with E-state index in [0.717, 1.165) is 0 Å². The minimum atomic E-state index is 0.140. The lowest BCUT2D eigenvalue weighted by Gasteiger charge is -2.11. The molecule has 1 atom stereocenters. The van der Waals surface area contributed by atoms with Gasteiger partial charge in [-0.2, -0.15) is 0 Å². The van der Waals surface area contributed by atoms with Gasteiger partial charge in [-0.05, 0) is 23.6 Å². The van der Waals surface area contributed by atoms with Crippen LogP contribution in [0.1, 0.15) is 29.6 Å². The zero-order valence-electron chi connectivity index (χ0n) is 9.34. The van der Waals surface area contributed by atoms with Gasteiger partial charge in [-0.25, -0.2) is 0 Å². The van der Waals surface area contributed by atoms with E-state index >= 15 is 0 Å². The second-order valence-corrected chi connectivity index (χ2v) is 4.00. The summed E-state index contributed by atoms with van der Waals surface area (Å²) in [5, 5.41) is 0. The maximum Gasteiger partial charge on any atom is 0.231 e. The minimum absolute atomic E-state index is 0.140. The first-order chi connectivity index (χ1) is 7.77. The minimum Gasteiger partial charge on any atom is -0.295 e. The zero-order valence-corrected chi connectivity index (χ0v) is 9.34. The average molecular weight is 213 g/mol. The molecule has 0 saturated carbocycles. The Kier molecular flexibility index (Phi) is 3.20. The molecule has 0 spiro atoms. The fourth-order valence-electron chi connectivity index (χ4n) is 1.77. The predicted molar refractivity (Wildman–Crippen MR) is 64.5 cm³/mol. The van der Waals surface area contributed by atoms with E-state index < -0.39 is 0 Å². The van der Waals surface area contributed by atoms with E-state index in [-0.39, 0.29) is 11.8 Å². The highest BCUT2D eigenvalue weighted by atomic mass is 16.1. The van der Waals surface area contributed by atoms with Gasteiger partial charge in [0.2, 0.25) is 5.91 Å². The summed E-state index contributed by atoms with van der Waals surface area (Å²) in [7, 11) is 0. The Bertz CT molecular complexity index is 445. The third-order valence-electron chi connectivity index (χ3n) is 2.74. The molecule has 0 saturated heterocycles. The molecule has 0 aliphatic rings. The van der Waals surface area contributed by atoms with Gasteiger partial charge in [0.05, 0.1) is 0 Å². The van der Waals surface area contributed by atoms with Crippen LogP contribution in [-0.2, 0) is 0 Å². The van der Waals surface area contributed by atoms with E-state index in [0.29, 0.717) is 6.42 Å². The lowest BCUT2D eigenvalue weighted by molar-refractivity contribution is 0.0895. The Labute approximate surface area is 95.5 Å². The van der Waals surface area contributed by atoms with Gasteiger partial charge in [0.25, 0.3) is 0 Å². The van der Waals surface area contributed by atoms with E-state index in [1.807, 2.05) is 30.3 Å². The van der Waals surface area contributed by atoms with Gasteiger partial charge >= 0.3 is 0 Å². The maximum absolute atomic E-state index is 11.9. The number of nitrogens with zero attached hydrogens (tertiary/aromatic N) is 1. The molecule has 1 heterocycles. The molecular weight excluding hydrogens is 198 g/mol. The summed E-state index contributed by atoms with van der Waals surface area (Å²) in [6, 6.07) is 13.9. The number of carbonyl (C=O) groups is 1. The Morgan fingerprint density at radius 3 is 2.38 bits per heavy atom. The SMILES string of the molecule is C[C@H](CC(=O)n1cccc1)c1ccccc1. The van der Waals surface area contributed by atoms with E-state index in [1.54, 1.807) is 17.0 Å². The largest absolute Gasteiger partial charge is 0.295 e. The van der Waals surface area contributed by atoms with Crippen molar-refractivity contribution in [1.82, 2.24) is 4.57 Å². The molecule has 1 aromatic carbocycles. The standard InChI is InChI=1S/C14H15NO/c1-12(13-7-3-2-4-8-13)11-14(16)15-9-5-6-10-15/h2-10,12H,11H2,1H3/t12-/m1/s1. The van der Waals surface area contributed by atoms with Crippen LogP contribution in [0.4, 0.5) is 0 Å². The second-order valence-electron chi connectivity index (χ2n) is 4.00. The molecule has 0 amide bonds. The molecule has 0 unspecified atom stereocenters. The summed E-state index contributed by atoms with van der Waals surface area (Å²) in [6.07, 6.45) is 4.12. The Balaban J connectivity index is 2.03. The van der Waals surface area contributed by atoms with Crippen LogP contribution >= 0.6 is 0 Å². The van der Waals surface area contributed by atoms with Crippen molar-refractivity contribution >= 4 is 5.91 Å². The third kappa shape index (κ3) is 2.40. The Hall–Kier alpha value is -1.83. The van der Waals surface area contributed by atoms with Crippen molar-refractivity contribution in [3.05, 3.63) is 60.4 Å². The summed E-state index contributed by atoms with van der Waals surface area (Å²) in [5.74, 6) is 0.400. The van der Waals surface area contributed by atoms with Crippen molar-refractivity contribution in [1.29, 1.82) is 0 Å². The normalized spacial score (nSPS) is 12.3. The summed E-state index contributed by atoms with van der Waals surface area (Å²) in [5.41, 5.74) is 1.21. The quantitative estimate of drug-likeness (QED) is 0.766. The topological polar surface area (TPSA) is 22.0 Å². The first kappa shape index (κ1) is 10.7. The molecule has 2 nitrogen and oxygen atoms in total. The van der Waals surface area contributed by atoms with E-state index in [9.17, 15) is 4.79 Å². The number of hydrogen-bond acceptors (Lipinski definition) is 1. The first-order valence-electron chi connectivity index (χ1n) is 5.48. The molecule has 0 radical (unpaired) electrons. The van der Waals surface area contributed by atoms with Gasteiger partial charge in [-0.15, -0.1) is 0 Å². The van der Waals surface area contributed by atoms with Crippen molar-refractivity contribution in [2.24, 2.45) is 0 Å². The fraction of sp³-hybridized carbons (Fsp3) is 0.214. The molecule has 2 heteroatoms. The maximum atomic E-state index is 11.9. The molecular formula is C14H15NO. The van der Waals surface area contributed by atoms with Crippen LogP contribution in [0, 0.1) is 0 Å². The van der Waals surface area contributed by atoms with Crippen LogP contribution in [0.15, 0.2) is 54.9 Å². The van der Waals surface area contributed by atoms with Crippen molar-refractivity contribution in [3.63, 3.8) is 0 Å². The van der Waals surface area contributed by atoms with Gasteiger partial charge in [0.15, 0.2) is 0 Å². The highest BCUT2D eigenvalue weighted by Crippen LogP contribution is 2.19. The summed E-state index contributed by atoms with van der Waals surface area (Å²) < 4.78 is 1.64. The zero-order chi connectivity index (χ0) is 11.4. The molecule has 0 aliphatic carbocycles. The van der Waals surface area contributed by atoms with Crippen LogP contribution in [0.3, 0.4) is 0 Å². The molecule has 2 aromatic rings. The molecule has 2 rings (SSSR count).